The monoisotopic (exact) mass is 313 g/mol. The summed E-state index contributed by atoms with van der Waals surface area (Å²) in [6.07, 6.45) is 1.51. The predicted octanol–water partition coefficient (Wildman–Crippen LogP) is -0.454. The third kappa shape index (κ3) is 4.73. The molecule has 0 aromatic heterocycles. The molecule has 1 N–H and O–H groups in total. The lowest BCUT2D eigenvalue weighted by molar-refractivity contribution is -0.143. The predicted molar refractivity (Wildman–Crippen MR) is 70.0 cm³/mol. The molecule has 1 heterocycles. The molecule has 9 heteroatoms. The van der Waals surface area contributed by atoms with Crippen LogP contribution in [0.2, 0.25) is 0 Å². The Bertz CT molecular complexity index is 538. The molecule has 1 aliphatic heterocycles. The molecule has 19 heavy (non-hydrogen) atoms. The topological polar surface area (TPSA) is 109 Å². The molecule has 0 aromatic rings. The Hall–Kier alpha value is -0.670. The maximum atomic E-state index is 12.0. The van der Waals surface area contributed by atoms with E-state index in [1.807, 2.05) is 0 Å². The van der Waals surface area contributed by atoms with Gasteiger partial charge < -0.3 is 5.11 Å². The highest BCUT2D eigenvalue weighted by Crippen LogP contribution is 2.25. The van der Waals surface area contributed by atoms with E-state index in [-0.39, 0.29) is 19.4 Å². The largest absolute Gasteiger partial charge is 0.481 e. The third-order valence-electron chi connectivity index (χ3n) is 3.23. The van der Waals surface area contributed by atoms with Gasteiger partial charge in [-0.05, 0) is 19.8 Å². The first-order chi connectivity index (χ1) is 8.53. The van der Waals surface area contributed by atoms with Crippen molar-refractivity contribution in [3.8, 4) is 0 Å². The maximum Gasteiger partial charge on any atom is 0.306 e. The number of carboxylic acids is 1. The lowest BCUT2D eigenvalue weighted by Gasteiger charge is -2.35. The second-order valence-corrected chi connectivity index (χ2v) is 9.27. The van der Waals surface area contributed by atoms with Crippen molar-refractivity contribution in [3.63, 3.8) is 0 Å². The van der Waals surface area contributed by atoms with Gasteiger partial charge in [0.2, 0.25) is 10.0 Å². The first-order valence-electron chi connectivity index (χ1n) is 5.93. The minimum Gasteiger partial charge on any atom is -0.481 e. The zero-order chi connectivity index (χ0) is 14.8. The summed E-state index contributed by atoms with van der Waals surface area (Å²) in [5.41, 5.74) is 0. The Morgan fingerprint density at radius 2 is 1.84 bits per heavy atom. The van der Waals surface area contributed by atoms with E-state index in [2.05, 4.69) is 0 Å². The molecular weight excluding hydrogens is 294 g/mol. The lowest BCUT2D eigenvalue weighted by Crippen LogP contribution is -2.47. The van der Waals surface area contributed by atoms with E-state index in [4.69, 9.17) is 5.11 Å². The molecule has 0 radical (unpaired) electrons. The van der Waals surface area contributed by atoms with Crippen LogP contribution >= 0.6 is 0 Å². The van der Waals surface area contributed by atoms with Crippen molar-refractivity contribution in [3.05, 3.63) is 0 Å². The van der Waals surface area contributed by atoms with Crippen LogP contribution in [0.15, 0.2) is 0 Å². The zero-order valence-electron chi connectivity index (χ0n) is 10.9. The van der Waals surface area contributed by atoms with E-state index < -0.39 is 49.3 Å². The van der Waals surface area contributed by atoms with Crippen molar-refractivity contribution in [2.75, 3.05) is 24.3 Å². The Morgan fingerprint density at radius 1 is 1.26 bits per heavy atom. The Kier molecular flexibility index (Phi) is 4.97. The molecule has 0 spiro atoms. The fourth-order valence-electron chi connectivity index (χ4n) is 2.16. The Morgan fingerprint density at radius 3 is 2.26 bits per heavy atom. The molecule has 0 amide bonds. The average molecular weight is 313 g/mol. The van der Waals surface area contributed by atoms with Crippen LogP contribution in [0.1, 0.15) is 19.8 Å². The molecule has 2 unspecified atom stereocenters. The number of sulfone groups is 1. The molecule has 1 rings (SSSR count). The van der Waals surface area contributed by atoms with Gasteiger partial charge in [-0.25, -0.2) is 16.8 Å². The van der Waals surface area contributed by atoms with Gasteiger partial charge in [-0.2, -0.15) is 4.31 Å². The van der Waals surface area contributed by atoms with E-state index >= 15 is 0 Å². The normalized spacial score (nSPS) is 26.2. The molecule has 112 valence electrons. The zero-order valence-corrected chi connectivity index (χ0v) is 12.6. The minimum absolute atomic E-state index is 0.129. The lowest BCUT2D eigenvalue weighted by atomic mass is 9.93. The van der Waals surface area contributed by atoms with Crippen molar-refractivity contribution < 1.29 is 26.7 Å². The SMILES string of the molecule is CC1CC(C(=O)O)CCN1S(=O)(=O)CCS(C)(=O)=O. The molecule has 0 aromatic carbocycles. The molecule has 1 aliphatic rings. The van der Waals surface area contributed by atoms with E-state index in [1.165, 1.54) is 4.31 Å². The van der Waals surface area contributed by atoms with Gasteiger partial charge in [-0.1, -0.05) is 0 Å². The van der Waals surface area contributed by atoms with Crippen LogP contribution in [-0.4, -0.2) is 62.6 Å². The number of piperidine rings is 1. The van der Waals surface area contributed by atoms with Crippen molar-refractivity contribution in [1.82, 2.24) is 4.31 Å². The van der Waals surface area contributed by atoms with Crippen molar-refractivity contribution in [1.29, 1.82) is 0 Å². The van der Waals surface area contributed by atoms with Gasteiger partial charge in [0.25, 0.3) is 0 Å². The van der Waals surface area contributed by atoms with Gasteiger partial charge in [-0.3, -0.25) is 4.79 Å². The number of sulfonamides is 1. The number of nitrogens with zero attached hydrogens (tertiary/aromatic N) is 1. The average Bonchev–Trinajstić information content (AvgIpc) is 2.25. The summed E-state index contributed by atoms with van der Waals surface area (Å²) < 4.78 is 47.3. The standard InChI is InChI=1S/C10H19NO6S2/c1-8-7-9(10(12)13)3-4-11(8)19(16,17)6-5-18(2,14)15/h8-9H,3-7H2,1-2H3,(H,12,13). The van der Waals surface area contributed by atoms with E-state index in [0.29, 0.717) is 0 Å². The minimum atomic E-state index is -3.65. The van der Waals surface area contributed by atoms with E-state index in [9.17, 15) is 21.6 Å². The van der Waals surface area contributed by atoms with Crippen LogP contribution in [0.4, 0.5) is 0 Å². The molecule has 0 bridgehead atoms. The van der Waals surface area contributed by atoms with Crippen molar-refractivity contribution in [2.24, 2.45) is 5.92 Å². The fraction of sp³-hybridized carbons (Fsp3) is 0.900. The highest BCUT2D eigenvalue weighted by molar-refractivity contribution is 7.93. The molecule has 1 saturated heterocycles. The highest BCUT2D eigenvalue weighted by Gasteiger charge is 2.36. The summed E-state index contributed by atoms with van der Waals surface area (Å²) >= 11 is 0. The molecule has 1 fully saturated rings. The molecule has 0 aliphatic carbocycles. The molecule has 2 atom stereocenters. The Balaban J connectivity index is 2.73. The summed E-state index contributed by atoms with van der Waals surface area (Å²) in [4.78, 5) is 10.9. The van der Waals surface area contributed by atoms with Crippen LogP contribution in [0.3, 0.4) is 0 Å². The maximum absolute atomic E-state index is 12.0. The van der Waals surface area contributed by atoms with Crippen LogP contribution in [0.25, 0.3) is 0 Å². The first kappa shape index (κ1) is 16.4. The summed E-state index contributed by atoms with van der Waals surface area (Å²) in [5.74, 6) is -2.31. The number of hydrogen-bond donors (Lipinski definition) is 1. The van der Waals surface area contributed by atoms with Crippen molar-refractivity contribution >= 4 is 25.8 Å². The van der Waals surface area contributed by atoms with Gasteiger partial charge in [0.1, 0.15) is 9.84 Å². The van der Waals surface area contributed by atoms with Crippen LogP contribution in [-0.2, 0) is 24.7 Å². The van der Waals surface area contributed by atoms with Gasteiger partial charge in [0.05, 0.1) is 17.4 Å². The van der Waals surface area contributed by atoms with Crippen LogP contribution < -0.4 is 0 Å². The van der Waals surface area contributed by atoms with Crippen molar-refractivity contribution in [2.45, 2.75) is 25.8 Å². The smallest absolute Gasteiger partial charge is 0.306 e. The molecule has 0 saturated carbocycles. The van der Waals surface area contributed by atoms with Crippen LogP contribution in [0.5, 0.6) is 0 Å². The quantitative estimate of drug-likeness (QED) is 0.736. The van der Waals surface area contributed by atoms with Crippen LogP contribution in [0, 0.1) is 5.92 Å². The number of carbonyl (C=O) groups is 1. The summed E-state index contributed by atoms with van der Waals surface area (Å²) in [5, 5.41) is 8.91. The number of aliphatic carboxylic acids is 1. The third-order valence-corrected chi connectivity index (χ3v) is 6.42. The van der Waals surface area contributed by atoms with E-state index in [0.717, 1.165) is 6.26 Å². The van der Waals surface area contributed by atoms with Gasteiger partial charge in [-0.15, -0.1) is 0 Å². The first-order valence-corrected chi connectivity index (χ1v) is 9.60. The molecular formula is C10H19NO6S2. The van der Waals surface area contributed by atoms with Gasteiger partial charge in [0.15, 0.2) is 0 Å². The summed E-state index contributed by atoms with van der Waals surface area (Å²) in [7, 11) is -6.99. The second kappa shape index (κ2) is 5.76. The molecule has 7 nitrogen and oxygen atoms in total. The number of hydrogen-bond acceptors (Lipinski definition) is 5. The number of rotatable bonds is 5. The van der Waals surface area contributed by atoms with E-state index in [1.54, 1.807) is 6.92 Å². The second-order valence-electron chi connectivity index (χ2n) is 4.97. The summed E-state index contributed by atoms with van der Waals surface area (Å²) in [6.45, 7) is 1.78. The van der Waals surface area contributed by atoms with Gasteiger partial charge >= 0.3 is 5.97 Å². The fourth-order valence-corrected chi connectivity index (χ4v) is 5.47. The Labute approximate surface area is 113 Å². The number of carboxylic acid groups (broad SMARTS) is 1. The van der Waals surface area contributed by atoms with Gasteiger partial charge in [0, 0.05) is 18.8 Å². The highest BCUT2D eigenvalue weighted by atomic mass is 32.2. The summed E-state index contributed by atoms with van der Waals surface area (Å²) in [6, 6.07) is -0.417.